The smallest absolute Gasteiger partial charge is 0.267 e. The number of sulfonamides is 1. The monoisotopic (exact) mass is 338 g/mol. The van der Waals surface area contributed by atoms with Crippen LogP contribution in [-0.4, -0.2) is 25.6 Å². The summed E-state index contributed by atoms with van der Waals surface area (Å²) in [6.45, 7) is 5.76. The number of carbonyl (C=O) groups is 1. The van der Waals surface area contributed by atoms with Crippen molar-refractivity contribution in [1.29, 1.82) is 0 Å². The van der Waals surface area contributed by atoms with Crippen LogP contribution in [0, 0.1) is 6.92 Å². The maximum atomic E-state index is 12.0. The van der Waals surface area contributed by atoms with E-state index in [9.17, 15) is 13.2 Å². The molecule has 0 saturated heterocycles. The number of aromatic nitrogens is 1. The van der Waals surface area contributed by atoms with Gasteiger partial charge in [0.1, 0.15) is 9.88 Å². The third-order valence-corrected chi connectivity index (χ3v) is 5.35. The molecule has 7 heteroatoms. The Hall–Kier alpha value is -1.73. The maximum absolute atomic E-state index is 12.0. The molecule has 2 rings (SSSR count). The molecule has 1 heterocycles. The van der Waals surface area contributed by atoms with E-state index in [0.29, 0.717) is 10.6 Å². The molecule has 0 aliphatic carbocycles. The Kier molecular flexibility index (Phi) is 4.39. The van der Waals surface area contributed by atoms with Gasteiger partial charge in [0.25, 0.3) is 5.91 Å². The Bertz CT molecular complexity index is 793. The number of nitrogens with zero attached hydrogens (tertiary/aromatic N) is 1. The van der Waals surface area contributed by atoms with Crippen LogP contribution >= 0.6 is 11.3 Å². The summed E-state index contributed by atoms with van der Waals surface area (Å²) >= 11 is 1.22. The zero-order chi connectivity index (χ0) is 16.5. The van der Waals surface area contributed by atoms with Gasteiger partial charge in [-0.05, 0) is 26.3 Å². The summed E-state index contributed by atoms with van der Waals surface area (Å²) in [7, 11) is -3.59. The van der Waals surface area contributed by atoms with Crippen molar-refractivity contribution in [3.05, 3.63) is 51.5 Å². The molecular weight excluding hydrogens is 320 g/mol. The Morgan fingerprint density at radius 2 is 1.82 bits per heavy atom. The molecule has 1 aromatic carbocycles. The molecule has 1 N–H and O–H groups in total. The fourth-order valence-electron chi connectivity index (χ4n) is 2.07. The fraction of sp³-hybridized carbons (Fsp3) is 0.333. The lowest BCUT2D eigenvalue weighted by atomic mass is 9.85. The summed E-state index contributed by atoms with van der Waals surface area (Å²) < 4.78 is 24.4. The molecule has 0 fully saturated rings. The van der Waals surface area contributed by atoms with E-state index in [1.807, 2.05) is 48.9 Å². The number of aryl methyl sites for hydroxylation is 1. The van der Waals surface area contributed by atoms with Gasteiger partial charge in [-0.1, -0.05) is 30.3 Å². The predicted octanol–water partition coefficient (Wildman–Crippen LogP) is 2.47. The number of amides is 1. The van der Waals surface area contributed by atoms with Gasteiger partial charge in [-0.25, -0.2) is 18.1 Å². The molecular formula is C15H18N2O3S2. The van der Waals surface area contributed by atoms with E-state index in [0.717, 1.165) is 16.8 Å². The van der Waals surface area contributed by atoms with Gasteiger partial charge < -0.3 is 0 Å². The summed E-state index contributed by atoms with van der Waals surface area (Å²) in [5.74, 6) is -0.632. The quantitative estimate of drug-likeness (QED) is 0.929. The number of hydrogen-bond acceptors (Lipinski definition) is 5. The molecule has 0 saturated carbocycles. The van der Waals surface area contributed by atoms with E-state index in [4.69, 9.17) is 0 Å². The van der Waals surface area contributed by atoms with Crippen molar-refractivity contribution in [2.45, 2.75) is 26.2 Å². The Balaban J connectivity index is 2.40. The highest BCUT2D eigenvalue weighted by Gasteiger charge is 2.29. The topological polar surface area (TPSA) is 76.1 Å². The minimum Gasteiger partial charge on any atom is -0.267 e. The summed E-state index contributed by atoms with van der Waals surface area (Å²) in [5, 5.41) is 0.773. The SMILES string of the molecule is Cc1nc(C(C)(C)c2ccccc2)sc1C(=O)NS(C)(=O)=O. The molecule has 0 bridgehead atoms. The maximum Gasteiger partial charge on any atom is 0.276 e. The molecule has 1 amide bonds. The van der Waals surface area contributed by atoms with Crippen LogP contribution in [0.2, 0.25) is 0 Å². The molecule has 2 aromatic rings. The minimum absolute atomic E-state index is 0.324. The summed E-state index contributed by atoms with van der Waals surface area (Å²) in [4.78, 5) is 16.8. The molecule has 118 valence electrons. The van der Waals surface area contributed by atoms with Crippen LogP contribution in [-0.2, 0) is 15.4 Å². The number of hydrogen-bond donors (Lipinski definition) is 1. The van der Waals surface area contributed by atoms with Crippen LogP contribution in [0.5, 0.6) is 0 Å². The van der Waals surface area contributed by atoms with Crippen LogP contribution in [0.3, 0.4) is 0 Å². The lowest BCUT2D eigenvalue weighted by Crippen LogP contribution is -2.29. The van der Waals surface area contributed by atoms with E-state index in [1.54, 1.807) is 6.92 Å². The molecule has 0 aliphatic heterocycles. The highest BCUT2D eigenvalue weighted by molar-refractivity contribution is 7.89. The fourth-order valence-corrected chi connectivity index (χ4v) is 3.66. The van der Waals surface area contributed by atoms with E-state index < -0.39 is 15.9 Å². The van der Waals surface area contributed by atoms with Crippen molar-refractivity contribution in [3.8, 4) is 0 Å². The summed E-state index contributed by atoms with van der Waals surface area (Å²) in [6.07, 6.45) is 0.954. The molecule has 1 aromatic heterocycles. The van der Waals surface area contributed by atoms with Crippen LogP contribution in [0.25, 0.3) is 0 Å². The third kappa shape index (κ3) is 3.53. The molecule has 5 nitrogen and oxygen atoms in total. The summed E-state index contributed by atoms with van der Waals surface area (Å²) in [5.41, 5.74) is 1.25. The van der Waals surface area contributed by atoms with Gasteiger partial charge in [0.15, 0.2) is 0 Å². The summed E-state index contributed by atoms with van der Waals surface area (Å²) in [6, 6.07) is 9.86. The van der Waals surface area contributed by atoms with Crippen molar-refractivity contribution >= 4 is 27.3 Å². The van der Waals surface area contributed by atoms with Gasteiger partial charge in [-0.2, -0.15) is 0 Å². The van der Waals surface area contributed by atoms with Gasteiger partial charge in [-0.3, -0.25) is 4.79 Å². The van der Waals surface area contributed by atoms with E-state index in [1.165, 1.54) is 11.3 Å². The Morgan fingerprint density at radius 3 is 2.36 bits per heavy atom. The Labute approximate surface area is 134 Å². The lowest BCUT2D eigenvalue weighted by molar-refractivity contribution is 0.0985. The minimum atomic E-state index is -3.59. The first-order valence-electron chi connectivity index (χ1n) is 6.67. The van der Waals surface area contributed by atoms with Crippen LogP contribution < -0.4 is 4.72 Å². The van der Waals surface area contributed by atoms with Gasteiger partial charge in [0.05, 0.1) is 11.9 Å². The number of rotatable bonds is 4. The van der Waals surface area contributed by atoms with Gasteiger partial charge in [-0.15, -0.1) is 11.3 Å². The van der Waals surface area contributed by atoms with E-state index >= 15 is 0 Å². The molecule has 22 heavy (non-hydrogen) atoms. The zero-order valence-electron chi connectivity index (χ0n) is 12.9. The molecule has 0 unspecified atom stereocenters. The van der Waals surface area contributed by atoms with Gasteiger partial charge in [0, 0.05) is 5.41 Å². The first-order chi connectivity index (χ1) is 10.1. The molecule has 0 atom stereocenters. The van der Waals surface area contributed by atoms with Crippen molar-refractivity contribution in [3.63, 3.8) is 0 Å². The van der Waals surface area contributed by atoms with E-state index in [-0.39, 0.29) is 5.41 Å². The number of thiazole rings is 1. The van der Waals surface area contributed by atoms with Crippen molar-refractivity contribution < 1.29 is 13.2 Å². The first-order valence-corrected chi connectivity index (χ1v) is 9.37. The van der Waals surface area contributed by atoms with Crippen LogP contribution in [0.15, 0.2) is 30.3 Å². The van der Waals surface area contributed by atoms with Crippen molar-refractivity contribution in [2.75, 3.05) is 6.26 Å². The number of benzene rings is 1. The lowest BCUT2D eigenvalue weighted by Gasteiger charge is -2.22. The largest absolute Gasteiger partial charge is 0.276 e. The van der Waals surface area contributed by atoms with Gasteiger partial charge in [0.2, 0.25) is 10.0 Å². The second-order valence-electron chi connectivity index (χ2n) is 5.63. The normalized spacial score (nSPS) is 12.2. The van der Waals surface area contributed by atoms with Crippen molar-refractivity contribution in [1.82, 2.24) is 9.71 Å². The van der Waals surface area contributed by atoms with Crippen LogP contribution in [0.1, 0.15) is 39.8 Å². The van der Waals surface area contributed by atoms with E-state index in [2.05, 4.69) is 4.98 Å². The predicted molar refractivity (Wildman–Crippen MR) is 87.7 cm³/mol. The second kappa shape index (κ2) is 5.81. The van der Waals surface area contributed by atoms with Crippen molar-refractivity contribution in [2.24, 2.45) is 0 Å². The molecule has 0 aliphatic rings. The first kappa shape index (κ1) is 16.6. The number of nitrogens with one attached hydrogen (secondary N) is 1. The third-order valence-electron chi connectivity index (χ3n) is 3.31. The molecule has 0 spiro atoms. The van der Waals surface area contributed by atoms with Crippen LogP contribution in [0.4, 0.5) is 0 Å². The van der Waals surface area contributed by atoms with Gasteiger partial charge >= 0.3 is 0 Å². The highest BCUT2D eigenvalue weighted by atomic mass is 32.2. The average molecular weight is 338 g/mol. The average Bonchev–Trinajstić information content (AvgIpc) is 2.81. The number of carbonyl (C=O) groups excluding carboxylic acids is 1. The molecule has 0 radical (unpaired) electrons. The Morgan fingerprint density at radius 1 is 1.23 bits per heavy atom. The standard InChI is InChI=1S/C15H18N2O3S2/c1-10-12(13(18)17-22(4,19)20)21-14(16-10)15(2,3)11-8-6-5-7-9-11/h5-9H,1-4H3,(H,17,18). The zero-order valence-corrected chi connectivity index (χ0v) is 14.5. The second-order valence-corrected chi connectivity index (χ2v) is 8.38. The highest BCUT2D eigenvalue weighted by Crippen LogP contribution is 2.35.